The van der Waals surface area contributed by atoms with Gasteiger partial charge in [-0.05, 0) is 44.6 Å². The van der Waals surface area contributed by atoms with Gasteiger partial charge in [-0.3, -0.25) is 0 Å². The van der Waals surface area contributed by atoms with E-state index in [2.05, 4.69) is 32.2 Å². The van der Waals surface area contributed by atoms with Crippen molar-refractivity contribution in [1.82, 2.24) is 5.32 Å². The third kappa shape index (κ3) is 4.38. The molecule has 0 aromatic heterocycles. The summed E-state index contributed by atoms with van der Waals surface area (Å²) in [6.07, 6.45) is 10.5. The Bertz CT molecular complexity index is 196. The minimum absolute atomic E-state index is 0.658. The van der Waals surface area contributed by atoms with Gasteiger partial charge in [-0.1, -0.05) is 38.8 Å². The molecule has 0 aromatic carbocycles. The lowest BCUT2D eigenvalue weighted by Gasteiger charge is -2.26. The second-order valence-corrected chi connectivity index (χ2v) is 4.88. The molecule has 0 spiro atoms. The molecule has 1 aliphatic rings. The maximum absolute atomic E-state index is 3.65. The van der Waals surface area contributed by atoms with Crippen molar-refractivity contribution in [2.45, 2.75) is 65.3 Å². The van der Waals surface area contributed by atoms with Gasteiger partial charge in [-0.15, -0.1) is 0 Å². The molecule has 88 valence electrons. The van der Waals surface area contributed by atoms with E-state index in [9.17, 15) is 0 Å². The first kappa shape index (κ1) is 12.8. The van der Waals surface area contributed by atoms with Crippen LogP contribution in [0.5, 0.6) is 0 Å². The summed E-state index contributed by atoms with van der Waals surface area (Å²) in [6.45, 7) is 7.97. The van der Waals surface area contributed by atoms with Crippen LogP contribution >= 0.6 is 0 Å². The van der Waals surface area contributed by atoms with E-state index in [0.717, 1.165) is 12.5 Å². The first-order chi connectivity index (χ1) is 7.27. The molecule has 0 bridgehead atoms. The van der Waals surface area contributed by atoms with Crippen LogP contribution in [0.15, 0.2) is 11.6 Å². The number of allylic oxidation sites excluding steroid dienone is 1. The molecule has 1 aliphatic carbocycles. The number of likely N-dealkylation sites (N-methyl/N-ethyl adjacent to an activating group) is 1. The Morgan fingerprint density at radius 1 is 1.33 bits per heavy atom. The van der Waals surface area contributed by atoms with E-state index in [0.29, 0.717) is 6.04 Å². The Morgan fingerprint density at radius 3 is 2.67 bits per heavy atom. The molecule has 1 heteroatoms. The van der Waals surface area contributed by atoms with E-state index >= 15 is 0 Å². The van der Waals surface area contributed by atoms with Crippen LogP contribution < -0.4 is 5.32 Å². The molecule has 1 N–H and O–H groups in total. The summed E-state index contributed by atoms with van der Waals surface area (Å²) in [5.41, 5.74) is 1.68. The summed E-state index contributed by atoms with van der Waals surface area (Å²) in [7, 11) is 0. The highest BCUT2D eigenvalue weighted by atomic mass is 14.9. The largest absolute Gasteiger partial charge is 0.311 e. The number of hydrogen-bond donors (Lipinski definition) is 1. The van der Waals surface area contributed by atoms with Crippen LogP contribution in [0, 0.1) is 5.92 Å². The van der Waals surface area contributed by atoms with Crippen molar-refractivity contribution in [1.29, 1.82) is 0 Å². The van der Waals surface area contributed by atoms with Crippen LogP contribution in [0.4, 0.5) is 0 Å². The van der Waals surface area contributed by atoms with Crippen molar-refractivity contribution in [3.8, 4) is 0 Å². The van der Waals surface area contributed by atoms with Crippen molar-refractivity contribution in [3.63, 3.8) is 0 Å². The van der Waals surface area contributed by atoms with Crippen molar-refractivity contribution in [2.24, 2.45) is 5.92 Å². The quantitative estimate of drug-likeness (QED) is 0.654. The third-order valence-electron chi connectivity index (χ3n) is 3.56. The van der Waals surface area contributed by atoms with Gasteiger partial charge in [0.15, 0.2) is 0 Å². The summed E-state index contributed by atoms with van der Waals surface area (Å²) < 4.78 is 0. The lowest BCUT2D eigenvalue weighted by Crippen LogP contribution is -2.33. The highest BCUT2D eigenvalue weighted by Crippen LogP contribution is 2.24. The van der Waals surface area contributed by atoms with Gasteiger partial charge in [0.2, 0.25) is 0 Å². The van der Waals surface area contributed by atoms with E-state index in [1.807, 2.05) is 0 Å². The molecule has 0 saturated carbocycles. The molecule has 2 atom stereocenters. The molecular formula is C14H27N. The monoisotopic (exact) mass is 209 g/mol. The highest BCUT2D eigenvalue weighted by molar-refractivity contribution is 5.13. The SMILES string of the molecule is CCNC(CC(C)CC)C1=CCCCC1. The smallest absolute Gasteiger partial charge is 0.0281 e. The summed E-state index contributed by atoms with van der Waals surface area (Å²) in [5, 5.41) is 3.65. The summed E-state index contributed by atoms with van der Waals surface area (Å²) in [5.74, 6) is 0.844. The topological polar surface area (TPSA) is 12.0 Å². The summed E-state index contributed by atoms with van der Waals surface area (Å²) in [6, 6.07) is 0.658. The Morgan fingerprint density at radius 2 is 2.13 bits per heavy atom. The van der Waals surface area contributed by atoms with Crippen LogP contribution in [-0.4, -0.2) is 12.6 Å². The number of hydrogen-bond acceptors (Lipinski definition) is 1. The molecule has 1 nitrogen and oxygen atoms in total. The normalized spacial score (nSPS) is 20.9. The second kappa shape index (κ2) is 7.05. The van der Waals surface area contributed by atoms with Crippen LogP contribution in [-0.2, 0) is 0 Å². The predicted octanol–water partition coefficient (Wildman–Crippen LogP) is 3.90. The molecule has 0 saturated heterocycles. The van der Waals surface area contributed by atoms with Gasteiger partial charge in [-0.25, -0.2) is 0 Å². The zero-order valence-corrected chi connectivity index (χ0v) is 10.7. The molecule has 1 rings (SSSR count). The van der Waals surface area contributed by atoms with Crippen molar-refractivity contribution >= 4 is 0 Å². The first-order valence-electron chi connectivity index (χ1n) is 6.70. The van der Waals surface area contributed by atoms with Gasteiger partial charge >= 0.3 is 0 Å². The average molecular weight is 209 g/mol. The van der Waals surface area contributed by atoms with E-state index < -0.39 is 0 Å². The fourth-order valence-corrected chi connectivity index (χ4v) is 2.36. The Balaban J connectivity index is 2.51. The zero-order valence-electron chi connectivity index (χ0n) is 10.7. The van der Waals surface area contributed by atoms with Crippen molar-refractivity contribution in [3.05, 3.63) is 11.6 Å². The molecule has 0 heterocycles. The molecule has 0 aliphatic heterocycles. The van der Waals surface area contributed by atoms with Gasteiger partial charge in [0.25, 0.3) is 0 Å². The van der Waals surface area contributed by atoms with Gasteiger partial charge in [0.1, 0.15) is 0 Å². The van der Waals surface area contributed by atoms with Gasteiger partial charge < -0.3 is 5.32 Å². The zero-order chi connectivity index (χ0) is 11.1. The van der Waals surface area contributed by atoms with Gasteiger partial charge in [0, 0.05) is 6.04 Å². The van der Waals surface area contributed by atoms with Crippen molar-refractivity contribution < 1.29 is 0 Å². The Hall–Kier alpha value is -0.300. The molecule has 0 fully saturated rings. The Labute approximate surface area is 95.3 Å². The summed E-state index contributed by atoms with van der Waals surface area (Å²) >= 11 is 0. The maximum atomic E-state index is 3.65. The lowest BCUT2D eigenvalue weighted by atomic mass is 9.88. The van der Waals surface area contributed by atoms with E-state index in [-0.39, 0.29) is 0 Å². The minimum atomic E-state index is 0.658. The van der Waals surface area contributed by atoms with Gasteiger partial charge in [-0.2, -0.15) is 0 Å². The Kier molecular flexibility index (Phi) is 6.00. The maximum Gasteiger partial charge on any atom is 0.0281 e. The fraction of sp³-hybridized carbons (Fsp3) is 0.857. The molecular weight excluding hydrogens is 182 g/mol. The summed E-state index contributed by atoms with van der Waals surface area (Å²) in [4.78, 5) is 0. The number of rotatable bonds is 6. The van der Waals surface area contributed by atoms with Crippen LogP contribution in [0.25, 0.3) is 0 Å². The van der Waals surface area contributed by atoms with Crippen LogP contribution in [0.1, 0.15) is 59.3 Å². The highest BCUT2D eigenvalue weighted by Gasteiger charge is 2.17. The molecule has 0 radical (unpaired) electrons. The van der Waals surface area contributed by atoms with E-state index in [1.165, 1.54) is 38.5 Å². The van der Waals surface area contributed by atoms with E-state index in [1.54, 1.807) is 5.57 Å². The molecule has 0 amide bonds. The molecule has 15 heavy (non-hydrogen) atoms. The average Bonchev–Trinajstić information content (AvgIpc) is 2.29. The first-order valence-corrected chi connectivity index (χ1v) is 6.70. The van der Waals surface area contributed by atoms with Gasteiger partial charge in [0.05, 0.1) is 0 Å². The molecule has 0 aromatic rings. The third-order valence-corrected chi connectivity index (χ3v) is 3.56. The van der Waals surface area contributed by atoms with Crippen LogP contribution in [0.3, 0.4) is 0 Å². The minimum Gasteiger partial charge on any atom is -0.311 e. The number of nitrogens with one attached hydrogen (secondary N) is 1. The fourth-order valence-electron chi connectivity index (χ4n) is 2.36. The van der Waals surface area contributed by atoms with Crippen LogP contribution in [0.2, 0.25) is 0 Å². The van der Waals surface area contributed by atoms with Crippen molar-refractivity contribution in [2.75, 3.05) is 6.54 Å². The molecule has 2 unspecified atom stereocenters. The predicted molar refractivity (Wildman–Crippen MR) is 68.1 cm³/mol. The lowest BCUT2D eigenvalue weighted by molar-refractivity contribution is 0.419. The standard InChI is InChI=1S/C14H27N/c1-4-12(3)11-14(15-5-2)13-9-7-6-8-10-13/h9,12,14-15H,4-8,10-11H2,1-3H3. The van der Waals surface area contributed by atoms with E-state index in [4.69, 9.17) is 0 Å². The second-order valence-electron chi connectivity index (χ2n) is 4.88.